The van der Waals surface area contributed by atoms with Crippen molar-refractivity contribution in [1.29, 1.82) is 0 Å². The molecule has 0 saturated heterocycles. The monoisotopic (exact) mass is 458 g/mol. The minimum absolute atomic E-state index is 0.166. The molecule has 0 atom stereocenters. The van der Waals surface area contributed by atoms with Crippen LogP contribution in [0, 0.1) is 0 Å². The molecule has 1 aliphatic carbocycles. The molecule has 1 fully saturated rings. The molecule has 1 aliphatic rings. The molecule has 0 heterocycles. The van der Waals surface area contributed by atoms with E-state index in [9.17, 15) is 4.57 Å². The fraction of sp³-hybridized carbons (Fsp3) is 0.923. The van der Waals surface area contributed by atoms with Crippen LogP contribution in [0.4, 0.5) is 0 Å². The number of unbranched alkanes of at least 4 members (excludes halogenated alkanes) is 8. The Kier molecular flexibility index (Phi) is 19.1. The Morgan fingerprint density at radius 2 is 1.00 bits per heavy atom. The number of hydrogen-bond donors (Lipinski definition) is 2. The zero-order valence-electron chi connectivity index (χ0n) is 20.2. The fourth-order valence-corrected chi connectivity index (χ4v) is 4.96. The van der Waals surface area contributed by atoms with Crippen LogP contribution < -0.4 is 0 Å². The molecular formula is C26H51O4P. The number of hydrogen-bond acceptors (Lipinski definition) is 2. The van der Waals surface area contributed by atoms with Crippen molar-refractivity contribution < 1.29 is 18.9 Å². The topological polar surface area (TPSA) is 66.8 Å². The third-order valence-electron chi connectivity index (χ3n) is 6.54. The predicted molar refractivity (Wildman–Crippen MR) is 132 cm³/mol. The Balaban J connectivity index is 2.06. The van der Waals surface area contributed by atoms with Gasteiger partial charge in [0.2, 0.25) is 0 Å². The van der Waals surface area contributed by atoms with Crippen LogP contribution in [0.2, 0.25) is 0 Å². The van der Waals surface area contributed by atoms with E-state index in [4.69, 9.17) is 9.79 Å². The van der Waals surface area contributed by atoms with Crippen molar-refractivity contribution in [2.75, 3.05) is 6.61 Å². The summed E-state index contributed by atoms with van der Waals surface area (Å²) in [7, 11) is -4.28. The first-order chi connectivity index (χ1) is 15.1. The maximum atomic E-state index is 10.6. The van der Waals surface area contributed by atoms with E-state index < -0.39 is 7.82 Å². The number of allylic oxidation sites excluding steroid dienone is 2. The van der Waals surface area contributed by atoms with Gasteiger partial charge in [0, 0.05) is 0 Å². The summed E-state index contributed by atoms with van der Waals surface area (Å²) >= 11 is 0. The highest BCUT2D eigenvalue weighted by Gasteiger charge is 2.12. The van der Waals surface area contributed by atoms with Gasteiger partial charge in [-0.3, -0.25) is 4.52 Å². The van der Waals surface area contributed by atoms with Crippen LogP contribution in [0.3, 0.4) is 0 Å². The lowest BCUT2D eigenvalue weighted by Crippen LogP contribution is -1.92. The molecule has 0 unspecified atom stereocenters. The molecule has 1 saturated carbocycles. The first kappa shape index (κ1) is 28.9. The number of phosphoric acid groups is 1. The van der Waals surface area contributed by atoms with Crippen LogP contribution in [0.15, 0.2) is 11.6 Å². The summed E-state index contributed by atoms with van der Waals surface area (Å²) in [6.45, 7) is 0.166. The summed E-state index contributed by atoms with van der Waals surface area (Å²) in [5, 5.41) is 0. The predicted octanol–water partition coefficient (Wildman–Crippen LogP) is 9.01. The summed E-state index contributed by atoms with van der Waals surface area (Å²) < 4.78 is 15.1. The van der Waals surface area contributed by atoms with Gasteiger partial charge in [-0.25, -0.2) is 4.57 Å². The first-order valence-electron chi connectivity index (χ1n) is 13.5. The Bertz CT molecular complexity index is 454. The summed E-state index contributed by atoms with van der Waals surface area (Å²) in [6, 6.07) is 0. The van der Waals surface area contributed by atoms with E-state index in [1.807, 2.05) is 0 Å². The zero-order valence-corrected chi connectivity index (χ0v) is 21.1. The molecule has 1 rings (SSSR count). The third kappa shape index (κ3) is 21.5. The van der Waals surface area contributed by atoms with E-state index in [0.717, 1.165) is 19.3 Å². The van der Waals surface area contributed by atoms with Crippen molar-refractivity contribution in [1.82, 2.24) is 0 Å². The molecule has 4 nitrogen and oxygen atoms in total. The Hall–Kier alpha value is -0.150. The molecule has 2 N–H and O–H groups in total. The van der Waals surface area contributed by atoms with Gasteiger partial charge in [-0.2, -0.15) is 0 Å². The molecule has 0 bridgehead atoms. The zero-order chi connectivity index (χ0) is 22.5. The Morgan fingerprint density at radius 3 is 1.45 bits per heavy atom. The minimum atomic E-state index is -4.28. The average Bonchev–Trinajstić information content (AvgIpc) is 2.73. The molecule has 0 spiro atoms. The Morgan fingerprint density at radius 1 is 0.613 bits per heavy atom. The lowest BCUT2D eigenvalue weighted by Gasteiger charge is -2.08. The van der Waals surface area contributed by atoms with E-state index in [1.54, 1.807) is 5.57 Å². The van der Waals surface area contributed by atoms with E-state index in [1.165, 1.54) is 128 Å². The van der Waals surface area contributed by atoms with Gasteiger partial charge < -0.3 is 9.79 Å². The minimum Gasteiger partial charge on any atom is -0.303 e. The van der Waals surface area contributed by atoms with Gasteiger partial charge in [-0.1, -0.05) is 114 Å². The first-order valence-corrected chi connectivity index (χ1v) is 15.0. The van der Waals surface area contributed by atoms with Crippen LogP contribution in [0.25, 0.3) is 0 Å². The summed E-state index contributed by atoms with van der Waals surface area (Å²) in [6.07, 6.45) is 33.0. The van der Waals surface area contributed by atoms with Crippen LogP contribution in [-0.2, 0) is 9.09 Å². The summed E-state index contributed by atoms with van der Waals surface area (Å²) in [5.74, 6) is 0. The van der Waals surface area contributed by atoms with Gasteiger partial charge in [0.05, 0.1) is 6.61 Å². The second-order valence-corrected chi connectivity index (χ2v) is 10.8. The van der Waals surface area contributed by atoms with Gasteiger partial charge in [0.25, 0.3) is 0 Å². The van der Waals surface area contributed by atoms with Gasteiger partial charge in [-0.15, -0.1) is 0 Å². The molecule has 0 aromatic heterocycles. The molecular weight excluding hydrogens is 407 g/mol. The molecule has 184 valence electrons. The van der Waals surface area contributed by atoms with E-state index in [-0.39, 0.29) is 6.61 Å². The molecule has 5 heteroatoms. The quantitative estimate of drug-likeness (QED) is 0.174. The van der Waals surface area contributed by atoms with Crippen molar-refractivity contribution in [2.45, 2.75) is 148 Å². The number of phosphoric ester groups is 1. The normalized spacial score (nSPS) is 18.3. The number of rotatable bonds is 12. The summed E-state index contributed by atoms with van der Waals surface area (Å²) in [4.78, 5) is 17.3. The van der Waals surface area contributed by atoms with Crippen molar-refractivity contribution in [2.24, 2.45) is 0 Å². The molecule has 0 radical (unpaired) electrons. The molecule has 31 heavy (non-hydrogen) atoms. The largest absolute Gasteiger partial charge is 0.469 e. The average molecular weight is 459 g/mol. The maximum Gasteiger partial charge on any atom is 0.469 e. The summed E-state index contributed by atoms with van der Waals surface area (Å²) in [5.41, 5.74) is 1.74. The van der Waals surface area contributed by atoms with Crippen molar-refractivity contribution in [3.8, 4) is 0 Å². The van der Waals surface area contributed by atoms with E-state index in [0.29, 0.717) is 0 Å². The highest BCUT2D eigenvalue weighted by Crippen LogP contribution is 2.35. The van der Waals surface area contributed by atoms with Gasteiger partial charge in [0.1, 0.15) is 0 Å². The van der Waals surface area contributed by atoms with Crippen molar-refractivity contribution in [3.05, 3.63) is 11.6 Å². The van der Waals surface area contributed by atoms with Crippen molar-refractivity contribution in [3.63, 3.8) is 0 Å². The Labute approximate surface area is 192 Å². The van der Waals surface area contributed by atoms with Crippen LogP contribution in [0.1, 0.15) is 148 Å². The third-order valence-corrected chi connectivity index (χ3v) is 7.06. The lowest BCUT2D eigenvalue weighted by atomic mass is 9.98. The molecule has 0 amide bonds. The highest BCUT2D eigenvalue weighted by atomic mass is 31.2. The van der Waals surface area contributed by atoms with Gasteiger partial charge >= 0.3 is 7.82 Å². The standard InChI is InChI=1S/C26H51O4P/c27-31(28,29)30-25-21-17-13-9-5-8-12-16-20-24-26-22-18-14-10-6-3-1-2-4-7-11-15-19-23-26/h24H,1-23,25H2,(H2,27,28,29). The lowest BCUT2D eigenvalue weighted by molar-refractivity contribution is 0.193. The maximum absolute atomic E-state index is 10.6. The van der Waals surface area contributed by atoms with Gasteiger partial charge in [0.15, 0.2) is 0 Å². The second kappa shape index (κ2) is 20.5. The SMILES string of the molecule is O=P(O)(O)OCCCCCCCCCCC=C1CCCCCCCCCCCCCC1. The van der Waals surface area contributed by atoms with Crippen molar-refractivity contribution >= 4 is 7.82 Å². The van der Waals surface area contributed by atoms with Gasteiger partial charge in [-0.05, 0) is 44.9 Å². The van der Waals surface area contributed by atoms with E-state index in [2.05, 4.69) is 10.6 Å². The second-order valence-electron chi connectivity index (χ2n) is 9.55. The van der Waals surface area contributed by atoms with E-state index >= 15 is 0 Å². The van der Waals surface area contributed by atoms with Crippen LogP contribution in [-0.4, -0.2) is 16.4 Å². The molecule has 0 aromatic carbocycles. The smallest absolute Gasteiger partial charge is 0.303 e. The molecule has 0 aliphatic heterocycles. The highest BCUT2D eigenvalue weighted by molar-refractivity contribution is 7.46. The van der Waals surface area contributed by atoms with Crippen LogP contribution >= 0.6 is 7.82 Å². The fourth-order valence-electron chi connectivity index (χ4n) is 4.60. The van der Waals surface area contributed by atoms with Crippen LogP contribution in [0.5, 0.6) is 0 Å². The molecule has 0 aromatic rings.